The monoisotopic (exact) mass is 389 g/mol. The molecule has 0 saturated carbocycles. The summed E-state index contributed by atoms with van der Waals surface area (Å²) in [5.74, 6) is -3.21. The molecule has 0 aliphatic rings. The highest BCUT2D eigenvalue weighted by atomic mass is 19.4. The summed E-state index contributed by atoms with van der Waals surface area (Å²) in [6.45, 7) is 1.73. The lowest BCUT2D eigenvalue weighted by molar-refractivity contribution is -0.143. The predicted octanol–water partition coefficient (Wildman–Crippen LogP) is 1.82. The Labute approximate surface area is 152 Å². The van der Waals surface area contributed by atoms with Gasteiger partial charge in [-0.1, -0.05) is 18.2 Å². The van der Waals surface area contributed by atoms with Crippen molar-refractivity contribution < 1.29 is 42.5 Å². The molecular formula is C17H18F3NO6. The van der Waals surface area contributed by atoms with Crippen LogP contribution in [0, 0.1) is 0 Å². The fourth-order valence-electron chi connectivity index (χ4n) is 1.97. The van der Waals surface area contributed by atoms with Crippen molar-refractivity contribution in [2.45, 2.75) is 31.7 Å². The summed E-state index contributed by atoms with van der Waals surface area (Å²) in [4.78, 5) is 34.3. The minimum atomic E-state index is -4.56. The van der Waals surface area contributed by atoms with E-state index < -0.39 is 41.7 Å². The van der Waals surface area contributed by atoms with Crippen LogP contribution in [0.4, 0.5) is 13.2 Å². The van der Waals surface area contributed by atoms with Crippen molar-refractivity contribution in [1.29, 1.82) is 0 Å². The number of rotatable bonds is 8. The van der Waals surface area contributed by atoms with Gasteiger partial charge in [0.15, 0.2) is 6.10 Å². The van der Waals surface area contributed by atoms with Gasteiger partial charge in [0.2, 0.25) is 0 Å². The number of nitrogens with one attached hydrogen (secondary N) is 1. The van der Waals surface area contributed by atoms with Crippen molar-refractivity contribution in [1.82, 2.24) is 5.32 Å². The van der Waals surface area contributed by atoms with Gasteiger partial charge < -0.3 is 20.3 Å². The number of benzene rings is 1. The average molecular weight is 389 g/mol. The van der Waals surface area contributed by atoms with Crippen LogP contribution in [-0.2, 0) is 25.3 Å². The van der Waals surface area contributed by atoms with Gasteiger partial charge >= 0.3 is 18.1 Å². The van der Waals surface area contributed by atoms with Gasteiger partial charge in [0.1, 0.15) is 6.04 Å². The summed E-state index contributed by atoms with van der Waals surface area (Å²) in [6, 6.07) is 1.78. The second-order valence-electron chi connectivity index (χ2n) is 5.31. The van der Waals surface area contributed by atoms with Gasteiger partial charge in [-0.05, 0) is 31.0 Å². The summed E-state index contributed by atoms with van der Waals surface area (Å²) < 4.78 is 42.2. The summed E-state index contributed by atoms with van der Waals surface area (Å²) in [5.41, 5.74) is -1.09. The van der Waals surface area contributed by atoms with Crippen LogP contribution in [-0.4, -0.2) is 40.7 Å². The van der Waals surface area contributed by atoms with E-state index in [1.54, 1.807) is 6.92 Å². The van der Waals surface area contributed by atoms with Crippen LogP contribution in [0.5, 0.6) is 0 Å². The SMILES string of the molecule is CCOC(=O)/C=C/C[C@H](NC(=O)[C@H](O)c1ccc(C(F)(F)F)cc1)C(=O)O. The molecule has 1 rings (SSSR count). The fraction of sp³-hybridized carbons (Fsp3) is 0.353. The number of amides is 1. The van der Waals surface area contributed by atoms with Gasteiger partial charge in [-0.15, -0.1) is 0 Å². The molecule has 10 heteroatoms. The van der Waals surface area contributed by atoms with Gasteiger partial charge in [-0.2, -0.15) is 13.2 Å². The number of ether oxygens (including phenoxy) is 1. The lowest BCUT2D eigenvalue weighted by Gasteiger charge is -2.17. The highest BCUT2D eigenvalue weighted by Gasteiger charge is 2.31. The molecule has 2 atom stereocenters. The Hall–Kier alpha value is -2.88. The highest BCUT2D eigenvalue weighted by molar-refractivity contribution is 5.87. The zero-order valence-electron chi connectivity index (χ0n) is 14.2. The second kappa shape index (κ2) is 9.72. The van der Waals surface area contributed by atoms with Gasteiger partial charge in [0.25, 0.3) is 5.91 Å². The Bertz CT molecular complexity index is 700. The maximum absolute atomic E-state index is 12.5. The molecule has 1 amide bonds. The first-order chi connectivity index (χ1) is 12.6. The zero-order chi connectivity index (χ0) is 20.6. The van der Waals surface area contributed by atoms with Crippen LogP contribution < -0.4 is 5.32 Å². The summed E-state index contributed by atoms with van der Waals surface area (Å²) in [7, 11) is 0. The molecule has 0 aliphatic heterocycles. The molecule has 1 aromatic rings. The van der Waals surface area contributed by atoms with E-state index in [2.05, 4.69) is 10.1 Å². The maximum atomic E-state index is 12.5. The molecule has 0 fully saturated rings. The number of carboxylic acids is 1. The van der Waals surface area contributed by atoms with E-state index in [-0.39, 0.29) is 18.6 Å². The fourth-order valence-corrected chi connectivity index (χ4v) is 1.97. The molecule has 0 unspecified atom stereocenters. The third-order valence-electron chi connectivity index (χ3n) is 3.33. The lowest BCUT2D eigenvalue weighted by Crippen LogP contribution is -2.42. The zero-order valence-corrected chi connectivity index (χ0v) is 14.2. The summed E-state index contributed by atoms with van der Waals surface area (Å²) >= 11 is 0. The van der Waals surface area contributed by atoms with Gasteiger partial charge in [0.05, 0.1) is 12.2 Å². The van der Waals surface area contributed by atoms with E-state index >= 15 is 0 Å². The smallest absolute Gasteiger partial charge is 0.416 e. The number of carbonyl (C=O) groups excluding carboxylic acids is 2. The van der Waals surface area contributed by atoms with E-state index in [1.165, 1.54) is 6.08 Å². The molecule has 0 aliphatic carbocycles. The number of aliphatic hydroxyl groups is 1. The Balaban J connectivity index is 2.75. The number of carbonyl (C=O) groups is 3. The predicted molar refractivity (Wildman–Crippen MR) is 86.4 cm³/mol. The van der Waals surface area contributed by atoms with Crippen molar-refractivity contribution in [2.24, 2.45) is 0 Å². The normalized spacial score (nSPS) is 13.8. The molecule has 0 heterocycles. The standard InChI is InChI=1S/C17H18F3NO6/c1-2-27-13(22)5-3-4-12(16(25)26)21-15(24)14(23)10-6-8-11(9-7-10)17(18,19)20/h3,5-9,12,14,23H,2,4H2,1H3,(H,21,24)(H,25,26)/b5-3+/t12-,14+/m0/s1. The molecule has 0 spiro atoms. The Morgan fingerprint density at radius 1 is 1.22 bits per heavy atom. The van der Waals surface area contributed by atoms with Crippen molar-refractivity contribution in [3.05, 3.63) is 47.5 Å². The number of aliphatic carboxylic acids is 1. The van der Waals surface area contributed by atoms with Crippen LogP contribution >= 0.6 is 0 Å². The first kappa shape index (κ1) is 22.2. The quantitative estimate of drug-likeness (QED) is 0.462. The highest BCUT2D eigenvalue weighted by Crippen LogP contribution is 2.29. The molecule has 0 aromatic heterocycles. The van der Waals surface area contributed by atoms with Crippen LogP contribution in [0.25, 0.3) is 0 Å². The molecule has 0 bridgehead atoms. The van der Waals surface area contributed by atoms with Gasteiger partial charge in [-0.3, -0.25) is 4.79 Å². The maximum Gasteiger partial charge on any atom is 0.416 e. The van der Waals surface area contributed by atoms with Crippen LogP contribution in [0.15, 0.2) is 36.4 Å². The van der Waals surface area contributed by atoms with Crippen molar-refractivity contribution in [2.75, 3.05) is 6.61 Å². The Kier molecular flexibility index (Phi) is 7.98. The molecule has 3 N–H and O–H groups in total. The Morgan fingerprint density at radius 3 is 2.30 bits per heavy atom. The number of halogens is 3. The Morgan fingerprint density at radius 2 is 1.81 bits per heavy atom. The third kappa shape index (κ3) is 7.10. The number of esters is 1. The number of aliphatic hydroxyl groups excluding tert-OH is 1. The summed E-state index contributed by atoms with van der Waals surface area (Å²) in [5, 5.41) is 21.1. The second-order valence-corrected chi connectivity index (χ2v) is 5.31. The molecule has 0 saturated heterocycles. The summed E-state index contributed by atoms with van der Waals surface area (Å²) in [6.07, 6.45) is -4.51. The molecule has 7 nitrogen and oxygen atoms in total. The average Bonchev–Trinajstić information content (AvgIpc) is 2.59. The first-order valence-corrected chi connectivity index (χ1v) is 7.78. The molecular weight excluding hydrogens is 371 g/mol. The minimum Gasteiger partial charge on any atom is -0.480 e. The lowest BCUT2D eigenvalue weighted by atomic mass is 10.1. The number of carboxylic acid groups (broad SMARTS) is 1. The molecule has 27 heavy (non-hydrogen) atoms. The van der Waals surface area contributed by atoms with Gasteiger partial charge in [-0.25, -0.2) is 9.59 Å². The number of hydrogen-bond donors (Lipinski definition) is 3. The van der Waals surface area contributed by atoms with Crippen LogP contribution in [0.1, 0.15) is 30.6 Å². The van der Waals surface area contributed by atoms with E-state index in [1.807, 2.05) is 0 Å². The molecule has 1 aromatic carbocycles. The number of alkyl halides is 3. The van der Waals surface area contributed by atoms with Crippen molar-refractivity contribution in [3.63, 3.8) is 0 Å². The molecule has 148 valence electrons. The van der Waals surface area contributed by atoms with Crippen LogP contribution in [0.2, 0.25) is 0 Å². The largest absolute Gasteiger partial charge is 0.480 e. The van der Waals surface area contributed by atoms with E-state index in [9.17, 15) is 32.7 Å². The minimum absolute atomic E-state index is 0.133. The van der Waals surface area contributed by atoms with E-state index in [4.69, 9.17) is 5.11 Å². The van der Waals surface area contributed by atoms with E-state index in [0.29, 0.717) is 12.1 Å². The number of hydrogen-bond acceptors (Lipinski definition) is 5. The van der Waals surface area contributed by atoms with Crippen LogP contribution in [0.3, 0.4) is 0 Å². The third-order valence-corrected chi connectivity index (χ3v) is 3.33. The van der Waals surface area contributed by atoms with Crippen molar-refractivity contribution in [3.8, 4) is 0 Å². The van der Waals surface area contributed by atoms with E-state index in [0.717, 1.165) is 18.2 Å². The van der Waals surface area contributed by atoms with Crippen molar-refractivity contribution >= 4 is 17.8 Å². The first-order valence-electron chi connectivity index (χ1n) is 7.78. The molecule has 0 radical (unpaired) electrons. The topological polar surface area (TPSA) is 113 Å². The van der Waals surface area contributed by atoms with Gasteiger partial charge in [0, 0.05) is 6.08 Å².